The van der Waals surface area contributed by atoms with Gasteiger partial charge >= 0.3 is 0 Å². The van der Waals surface area contributed by atoms with Crippen LogP contribution in [0.3, 0.4) is 0 Å². The van der Waals surface area contributed by atoms with Crippen molar-refractivity contribution in [1.82, 2.24) is 10.6 Å². The summed E-state index contributed by atoms with van der Waals surface area (Å²) < 4.78 is 5.14. The molecule has 0 fully saturated rings. The van der Waals surface area contributed by atoms with Gasteiger partial charge in [-0.1, -0.05) is 38.1 Å². The molecule has 0 atom stereocenters. The zero-order valence-corrected chi connectivity index (χ0v) is 15.1. The summed E-state index contributed by atoms with van der Waals surface area (Å²) in [6, 6.07) is 8.36. The molecule has 1 aromatic carbocycles. The van der Waals surface area contributed by atoms with E-state index in [9.17, 15) is 0 Å². The normalized spacial score (nSPS) is 11.2. The predicted octanol–water partition coefficient (Wildman–Crippen LogP) is 2.77. The van der Waals surface area contributed by atoms with Gasteiger partial charge in [0.1, 0.15) is 0 Å². The molecule has 20 heavy (non-hydrogen) atoms. The minimum absolute atomic E-state index is 0. The summed E-state index contributed by atoms with van der Waals surface area (Å²) >= 11 is 0. The van der Waals surface area contributed by atoms with E-state index < -0.39 is 0 Å². The molecule has 1 rings (SSSR count). The minimum Gasteiger partial charge on any atom is -0.380 e. The molecule has 0 saturated heterocycles. The van der Waals surface area contributed by atoms with E-state index in [0.717, 1.165) is 19.0 Å². The highest BCUT2D eigenvalue weighted by Gasteiger charge is 2.00. The van der Waals surface area contributed by atoms with Gasteiger partial charge in [0.15, 0.2) is 5.96 Å². The summed E-state index contributed by atoms with van der Waals surface area (Å²) in [4.78, 5) is 4.20. The van der Waals surface area contributed by atoms with Gasteiger partial charge in [0.25, 0.3) is 0 Å². The van der Waals surface area contributed by atoms with Crippen LogP contribution in [0, 0.1) is 5.92 Å². The average Bonchev–Trinajstić information content (AvgIpc) is 2.39. The largest absolute Gasteiger partial charge is 0.380 e. The van der Waals surface area contributed by atoms with E-state index in [1.54, 1.807) is 14.2 Å². The van der Waals surface area contributed by atoms with Gasteiger partial charge in [-0.25, -0.2) is 0 Å². The molecule has 0 radical (unpaired) electrons. The second kappa shape index (κ2) is 10.9. The number of hydrogen-bond donors (Lipinski definition) is 2. The number of hydrogen-bond acceptors (Lipinski definition) is 2. The Morgan fingerprint density at radius 3 is 2.55 bits per heavy atom. The summed E-state index contributed by atoms with van der Waals surface area (Å²) in [5, 5.41) is 6.60. The number of benzene rings is 1. The molecular weight excluding hydrogens is 365 g/mol. The molecule has 0 aliphatic carbocycles. The highest BCUT2D eigenvalue weighted by molar-refractivity contribution is 14.0. The fourth-order valence-corrected chi connectivity index (χ4v) is 1.70. The van der Waals surface area contributed by atoms with E-state index in [1.165, 1.54) is 11.1 Å². The van der Waals surface area contributed by atoms with Gasteiger partial charge in [-0.3, -0.25) is 4.99 Å². The van der Waals surface area contributed by atoms with Crippen molar-refractivity contribution >= 4 is 29.9 Å². The lowest BCUT2D eigenvalue weighted by Crippen LogP contribution is -2.38. The Hall–Kier alpha value is -0.820. The molecule has 114 valence electrons. The lowest BCUT2D eigenvalue weighted by atomic mass is 10.1. The number of nitrogens with one attached hydrogen (secondary N) is 2. The average molecular weight is 391 g/mol. The lowest BCUT2D eigenvalue weighted by molar-refractivity contribution is 0.185. The highest BCUT2D eigenvalue weighted by Crippen LogP contribution is 2.06. The number of ether oxygens (including phenoxy) is 1. The van der Waals surface area contributed by atoms with Crippen molar-refractivity contribution in [3.05, 3.63) is 35.4 Å². The molecule has 0 aliphatic rings. The quantitative estimate of drug-likeness (QED) is 0.446. The van der Waals surface area contributed by atoms with Crippen LogP contribution in [0.2, 0.25) is 0 Å². The fourth-order valence-electron chi connectivity index (χ4n) is 1.70. The van der Waals surface area contributed by atoms with Gasteiger partial charge < -0.3 is 15.4 Å². The predicted molar refractivity (Wildman–Crippen MR) is 95.6 cm³/mol. The van der Waals surface area contributed by atoms with E-state index in [1.807, 2.05) is 0 Å². The van der Waals surface area contributed by atoms with Crippen molar-refractivity contribution < 1.29 is 4.74 Å². The molecule has 0 saturated carbocycles. The maximum atomic E-state index is 5.14. The van der Waals surface area contributed by atoms with Gasteiger partial charge in [0, 0.05) is 27.2 Å². The van der Waals surface area contributed by atoms with E-state index in [-0.39, 0.29) is 24.0 Å². The standard InChI is InChI=1S/C15H25N3O.HI/c1-12(2)9-17-15(16-3)18-10-13-6-5-7-14(8-13)11-19-4;/h5-8,12H,9-11H2,1-4H3,(H2,16,17,18);1H. The Morgan fingerprint density at radius 1 is 1.25 bits per heavy atom. The second-order valence-corrected chi connectivity index (χ2v) is 4.95. The Labute approximate surface area is 139 Å². The van der Waals surface area contributed by atoms with Crippen molar-refractivity contribution in [2.45, 2.75) is 27.0 Å². The molecule has 0 aromatic heterocycles. The Bertz CT molecular complexity index is 408. The topological polar surface area (TPSA) is 45.7 Å². The second-order valence-electron chi connectivity index (χ2n) is 4.95. The van der Waals surface area contributed by atoms with Crippen LogP contribution in [0.4, 0.5) is 0 Å². The van der Waals surface area contributed by atoms with E-state index in [2.05, 4.69) is 53.7 Å². The van der Waals surface area contributed by atoms with Crippen molar-refractivity contribution in [3.63, 3.8) is 0 Å². The zero-order chi connectivity index (χ0) is 14.1. The fraction of sp³-hybridized carbons (Fsp3) is 0.533. The molecule has 0 spiro atoms. The van der Waals surface area contributed by atoms with Gasteiger partial charge in [-0.05, 0) is 17.0 Å². The van der Waals surface area contributed by atoms with Gasteiger partial charge in [-0.15, -0.1) is 24.0 Å². The van der Waals surface area contributed by atoms with Crippen LogP contribution in [0.25, 0.3) is 0 Å². The maximum Gasteiger partial charge on any atom is 0.191 e. The summed E-state index contributed by atoms with van der Waals surface area (Å²) in [7, 11) is 3.50. The highest BCUT2D eigenvalue weighted by atomic mass is 127. The van der Waals surface area contributed by atoms with Crippen molar-refractivity contribution in [1.29, 1.82) is 0 Å². The number of halogens is 1. The van der Waals surface area contributed by atoms with Crippen LogP contribution in [0.5, 0.6) is 0 Å². The van der Waals surface area contributed by atoms with Crippen molar-refractivity contribution in [2.75, 3.05) is 20.7 Å². The Kier molecular flexibility index (Phi) is 10.5. The third kappa shape index (κ3) is 7.69. The Morgan fingerprint density at radius 2 is 1.95 bits per heavy atom. The third-order valence-corrected chi connectivity index (χ3v) is 2.66. The van der Waals surface area contributed by atoms with Crippen LogP contribution in [-0.4, -0.2) is 26.7 Å². The van der Waals surface area contributed by atoms with Crippen LogP contribution >= 0.6 is 24.0 Å². The first-order valence-electron chi connectivity index (χ1n) is 6.67. The zero-order valence-electron chi connectivity index (χ0n) is 12.8. The number of methoxy groups -OCH3 is 1. The van der Waals surface area contributed by atoms with Crippen molar-refractivity contribution in [2.24, 2.45) is 10.9 Å². The van der Waals surface area contributed by atoms with Crippen LogP contribution in [0.1, 0.15) is 25.0 Å². The van der Waals surface area contributed by atoms with Gasteiger partial charge in [-0.2, -0.15) is 0 Å². The Balaban J connectivity index is 0.00000361. The van der Waals surface area contributed by atoms with Crippen molar-refractivity contribution in [3.8, 4) is 0 Å². The molecule has 5 heteroatoms. The maximum absolute atomic E-state index is 5.14. The first kappa shape index (κ1) is 19.2. The SMILES string of the molecule is CN=C(NCc1cccc(COC)c1)NCC(C)C.I. The van der Waals surface area contributed by atoms with Gasteiger partial charge in [0.2, 0.25) is 0 Å². The first-order chi connectivity index (χ1) is 9.15. The van der Waals surface area contributed by atoms with E-state index >= 15 is 0 Å². The van der Waals surface area contributed by atoms with Crippen LogP contribution in [0.15, 0.2) is 29.3 Å². The smallest absolute Gasteiger partial charge is 0.191 e. The van der Waals surface area contributed by atoms with Crippen LogP contribution in [-0.2, 0) is 17.9 Å². The number of nitrogens with zero attached hydrogens (tertiary/aromatic N) is 1. The number of aliphatic imine (C=N–C) groups is 1. The minimum atomic E-state index is 0. The molecule has 0 aliphatic heterocycles. The molecule has 0 heterocycles. The molecule has 0 amide bonds. The molecule has 0 unspecified atom stereocenters. The molecule has 4 nitrogen and oxygen atoms in total. The molecular formula is C15H26IN3O. The number of rotatable bonds is 6. The number of guanidine groups is 1. The molecule has 1 aromatic rings. The van der Waals surface area contributed by atoms with E-state index in [0.29, 0.717) is 12.5 Å². The molecule has 0 bridgehead atoms. The summed E-state index contributed by atoms with van der Waals surface area (Å²) in [5.74, 6) is 1.44. The third-order valence-electron chi connectivity index (χ3n) is 2.66. The first-order valence-corrected chi connectivity index (χ1v) is 6.67. The van der Waals surface area contributed by atoms with E-state index in [4.69, 9.17) is 4.74 Å². The summed E-state index contributed by atoms with van der Waals surface area (Å²) in [6.07, 6.45) is 0. The molecule has 2 N–H and O–H groups in total. The van der Waals surface area contributed by atoms with Crippen LogP contribution < -0.4 is 10.6 Å². The monoisotopic (exact) mass is 391 g/mol. The van der Waals surface area contributed by atoms with Gasteiger partial charge in [0.05, 0.1) is 6.61 Å². The lowest BCUT2D eigenvalue weighted by Gasteiger charge is -2.13. The summed E-state index contributed by atoms with van der Waals surface area (Å²) in [6.45, 7) is 6.68. The summed E-state index contributed by atoms with van der Waals surface area (Å²) in [5.41, 5.74) is 2.41.